The highest BCUT2D eigenvalue weighted by Gasteiger charge is 2.11. The van der Waals surface area contributed by atoms with Crippen molar-refractivity contribution in [2.45, 2.75) is 6.42 Å². The molecule has 7 nitrogen and oxygen atoms in total. The smallest absolute Gasteiger partial charge is 0.339 e. The molecule has 0 spiro atoms. The van der Waals surface area contributed by atoms with Gasteiger partial charge in [-0.3, -0.25) is 4.79 Å². The molecule has 0 radical (unpaired) electrons. The van der Waals surface area contributed by atoms with Gasteiger partial charge in [-0.1, -0.05) is 12.1 Å². The van der Waals surface area contributed by atoms with Crippen LogP contribution in [0.2, 0.25) is 0 Å². The van der Waals surface area contributed by atoms with Crippen molar-refractivity contribution < 1.29 is 19.1 Å². The number of hydrogen-bond acceptors (Lipinski definition) is 5. The van der Waals surface area contributed by atoms with Gasteiger partial charge in [0.05, 0.1) is 18.1 Å². The number of benzene rings is 1. The number of hydrogen-bond donors (Lipinski definition) is 1. The molecule has 0 fully saturated rings. The van der Waals surface area contributed by atoms with Crippen LogP contribution in [0.1, 0.15) is 15.9 Å². The number of rotatable bonds is 5. The number of nitrogens with zero attached hydrogens (tertiary/aromatic N) is 2. The van der Waals surface area contributed by atoms with Crippen molar-refractivity contribution in [1.82, 2.24) is 0 Å². The highest BCUT2D eigenvalue weighted by atomic mass is 16.5. The zero-order valence-corrected chi connectivity index (χ0v) is 12.1. The lowest BCUT2D eigenvalue weighted by atomic mass is 10.1. The maximum Gasteiger partial charge on any atom is 0.339 e. The highest BCUT2D eigenvalue weighted by molar-refractivity contribution is 5.95. The molecule has 0 aliphatic rings. The number of nitriles is 1. The van der Waals surface area contributed by atoms with E-state index in [1.807, 2.05) is 6.07 Å². The van der Waals surface area contributed by atoms with Crippen molar-refractivity contribution >= 4 is 17.6 Å². The van der Waals surface area contributed by atoms with Gasteiger partial charge in [-0.2, -0.15) is 9.99 Å². The van der Waals surface area contributed by atoms with Crippen molar-refractivity contribution in [3.05, 3.63) is 65.1 Å². The third-order valence-corrected chi connectivity index (χ3v) is 2.89. The summed E-state index contributed by atoms with van der Waals surface area (Å²) in [4.78, 5) is 23.4. The maximum absolute atomic E-state index is 11.7. The fourth-order valence-corrected chi connectivity index (χ4v) is 1.76. The summed E-state index contributed by atoms with van der Waals surface area (Å²) in [5, 5.41) is 22.0. The Kier molecular flexibility index (Phi) is 5.25. The summed E-state index contributed by atoms with van der Waals surface area (Å²) >= 11 is 0. The molecule has 1 N–H and O–H groups in total. The summed E-state index contributed by atoms with van der Waals surface area (Å²) in [6.45, 7) is -0.439. The van der Waals surface area contributed by atoms with Gasteiger partial charge in [-0.25, -0.2) is 4.79 Å². The van der Waals surface area contributed by atoms with E-state index in [1.54, 1.807) is 24.3 Å². The van der Waals surface area contributed by atoms with E-state index in [-0.39, 0.29) is 5.56 Å². The molecular weight excluding hydrogens is 298 g/mol. The summed E-state index contributed by atoms with van der Waals surface area (Å²) in [6, 6.07) is 11.4. The van der Waals surface area contributed by atoms with Crippen molar-refractivity contribution in [1.29, 1.82) is 5.26 Å². The van der Waals surface area contributed by atoms with Crippen molar-refractivity contribution in [2.75, 3.05) is 11.9 Å². The number of ether oxygens (including phenoxy) is 1. The number of nitrogens with one attached hydrogen (secondary N) is 1. The molecule has 23 heavy (non-hydrogen) atoms. The summed E-state index contributed by atoms with van der Waals surface area (Å²) < 4.78 is 5.40. The van der Waals surface area contributed by atoms with Gasteiger partial charge in [-0.15, -0.1) is 0 Å². The van der Waals surface area contributed by atoms with Crippen LogP contribution < -0.4 is 10.0 Å². The molecule has 1 aromatic heterocycles. The molecule has 1 heterocycles. The number of anilines is 1. The Morgan fingerprint density at radius 3 is 2.43 bits per heavy atom. The Hall–Kier alpha value is -3.40. The van der Waals surface area contributed by atoms with E-state index < -0.39 is 18.5 Å². The summed E-state index contributed by atoms with van der Waals surface area (Å²) in [7, 11) is 0. The maximum atomic E-state index is 11.7. The minimum atomic E-state index is -0.690. The lowest BCUT2D eigenvalue weighted by Gasteiger charge is -2.07. The molecule has 0 saturated heterocycles. The van der Waals surface area contributed by atoms with Crippen LogP contribution in [0.3, 0.4) is 0 Å². The zero-order chi connectivity index (χ0) is 16.7. The van der Waals surface area contributed by atoms with E-state index in [1.165, 1.54) is 24.5 Å². The van der Waals surface area contributed by atoms with Crippen LogP contribution in [-0.4, -0.2) is 18.5 Å². The van der Waals surface area contributed by atoms with Crippen LogP contribution in [0, 0.1) is 16.5 Å². The number of esters is 1. The molecule has 2 rings (SSSR count). The Bertz CT molecular complexity index is 733. The highest BCUT2D eigenvalue weighted by Crippen LogP contribution is 2.10. The van der Waals surface area contributed by atoms with Crippen LogP contribution in [0.25, 0.3) is 0 Å². The van der Waals surface area contributed by atoms with Gasteiger partial charge >= 0.3 is 5.97 Å². The molecule has 0 unspecified atom stereocenters. The molecule has 0 aliphatic carbocycles. The first-order valence-electron chi connectivity index (χ1n) is 6.70. The molecule has 7 heteroatoms. The van der Waals surface area contributed by atoms with Gasteiger partial charge in [0.15, 0.2) is 19.0 Å². The normalized spacial score (nSPS) is 9.70. The van der Waals surface area contributed by atoms with Crippen molar-refractivity contribution in [2.24, 2.45) is 0 Å². The first-order valence-corrected chi connectivity index (χ1v) is 6.70. The lowest BCUT2D eigenvalue weighted by molar-refractivity contribution is -0.605. The molecule has 0 saturated carbocycles. The quantitative estimate of drug-likeness (QED) is 0.507. The van der Waals surface area contributed by atoms with Crippen LogP contribution in [0.4, 0.5) is 5.69 Å². The minimum Gasteiger partial charge on any atom is -0.619 e. The van der Waals surface area contributed by atoms with Crippen LogP contribution in [-0.2, 0) is 16.0 Å². The Labute approximate surface area is 132 Å². The molecule has 0 bridgehead atoms. The van der Waals surface area contributed by atoms with Crippen LogP contribution >= 0.6 is 0 Å². The van der Waals surface area contributed by atoms with Crippen molar-refractivity contribution in [3.63, 3.8) is 0 Å². The average Bonchev–Trinajstić information content (AvgIpc) is 2.55. The lowest BCUT2D eigenvalue weighted by Crippen LogP contribution is -2.25. The van der Waals surface area contributed by atoms with Crippen LogP contribution in [0.5, 0.6) is 0 Å². The van der Waals surface area contributed by atoms with Crippen LogP contribution in [0.15, 0.2) is 48.8 Å². The molecule has 2 aromatic rings. The zero-order valence-electron chi connectivity index (χ0n) is 12.1. The fraction of sp³-hybridized carbons (Fsp3) is 0.125. The number of pyridine rings is 1. The van der Waals surface area contributed by atoms with Crippen molar-refractivity contribution in [3.8, 4) is 6.07 Å². The molecule has 0 atom stereocenters. The summed E-state index contributed by atoms with van der Waals surface area (Å²) in [6.07, 6.45) is 2.63. The first kappa shape index (κ1) is 16.0. The second-order valence-corrected chi connectivity index (χ2v) is 4.60. The topological polar surface area (TPSA) is 106 Å². The Morgan fingerprint density at radius 2 is 1.83 bits per heavy atom. The van der Waals surface area contributed by atoms with E-state index in [4.69, 9.17) is 10.00 Å². The van der Waals surface area contributed by atoms with E-state index in [0.29, 0.717) is 16.8 Å². The molecular formula is C16H13N3O4. The number of amides is 1. The second kappa shape index (κ2) is 7.56. The monoisotopic (exact) mass is 311 g/mol. The van der Waals surface area contributed by atoms with E-state index in [0.717, 1.165) is 5.56 Å². The predicted molar refractivity (Wildman–Crippen MR) is 80.1 cm³/mol. The second-order valence-electron chi connectivity index (χ2n) is 4.60. The van der Waals surface area contributed by atoms with Gasteiger partial charge in [0.2, 0.25) is 0 Å². The van der Waals surface area contributed by atoms with E-state index in [2.05, 4.69) is 5.32 Å². The third-order valence-electron chi connectivity index (χ3n) is 2.89. The average molecular weight is 311 g/mol. The van der Waals surface area contributed by atoms with E-state index >= 15 is 0 Å². The van der Waals surface area contributed by atoms with Gasteiger partial charge < -0.3 is 15.3 Å². The fourth-order valence-electron chi connectivity index (χ4n) is 1.76. The van der Waals surface area contributed by atoms with Gasteiger partial charge in [0.1, 0.15) is 0 Å². The Morgan fingerprint density at radius 1 is 1.17 bits per heavy atom. The predicted octanol–water partition coefficient (Wildman–Crippen LogP) is 1.18. The molecule has 1 aromatic carbocycles. The van der Waals surface area contributed by atoms with Gasteiger partial charge in [0.25, 0.3) is 5.91 Å². The number of aromatic nitrogens is 1. The van der Waals surface area contributed by atoms with Gasteiger partial charge in [-0.05, 0) is 17.7 Å². The standard InChI is InChI=1S/C16H13N3O4/c17-8-5-12-1-3-14(4-2-12)18-15(20)11-23-16(21)13-6-9-19(22)10-7-13/h1-4,6-7,9-10H,5,11H2,(H,18,20). The largest absolute Gasteiger partial charge is 0.619 e. The van der Waals surface area contributed by atoms with E-state index in [9.17, 15) is 14.8 Å². The minimum absolute atomic E-state index is 0.186. The molecule has 0 aliphatic heterocycles. The number of carbonyl (C=O) groups is 2. The third kappa shape index (κ3) is 4.82. The molecule has 1 amide bonds. The van der Waals surface area contributed by atoms with Gasteiger partial charge in [0, 0.05) is 17.8 Å². The number of carbonyl (C=O) groups excluding carboxylic acids is 2. The summed E-state index contributed by atoms with van der Waals surface area (Å²) in [5.41, 5.74) is 1.57. The SMILES string of the molecule is N#CCc1ccc(NC(=O)COC(=O)c2cc[n+]([O-])cc2)cc1. The Balaban J connectivity index is 1.84. The molecule has 116 valence electrons. The summed E-state index contributed by atoms with van der Waals surface area (Å²) in [5.74, 6) is -1.17. The first-order chi connectivity index (χ1) is 11.1.